The average Bonchev–Trinajstić information content (AvgIpc) is 3.25. The maximum Gasteiger partial charge on any atom is 0.331 e. The number of nitro groups is 1. The van der Waals surface area contributed by atoms with E-state index in [0.717, 1.165) is 15.9 Å². The number of hydrogen-bond donors (Lipinski definition) is 1. The van der Waals surface area contributed by atoms with E-state index in [1.807, 2.05) is 0 Å². The van der Waals surface area contributed by atoms with Gasteiger partial charge < -0.3 is 5.32 Å². The van der Waals surface area contributed by atoms with Crippen LogP contribution in [0.3, 0.4) is 0 Å². The molecule has 11 heteroatoms. The molecule has 0 atom stereocenters. The summed E-state index contributed by atoms with van der Waals surface area (Å²) >= 11 is 1.16. The third-order valence-electron chi connectivity index (χ3n) is 4.85. The number of non-ortho nitro benzene ring substituents is 1. The van der Waals surface area contributed by atoms with Crippen molar-refractivity contribution in [2.75, 3.05) is 5.32 Å². The second kappa shape index (κ2) is 8.55. The van der Waals surface area contributed by atoms with E-state index in [9.17, 15) is 24.5 Å². The fourth-order valence-electron chi connectivity index (χ4n) is 3.35. The van der Waals surface area contributed by atoms with E-state index in [1.54, 1.807) is 48.7 Å². The minimum Gasteiger partial charge on any atom is -0.300 e. The van der Waals surface area contributed by atoms with Gasteiger partial charge in [0.15, 0.2) is 5.13 Å². The fraction of sp³-hybridized carbons (Fsp3) is 0.143. The van der Waals surface area contributed by atoms with Gasteiger partial charge in [-0.2, -0.15) is 0 Å². The number of fused-ring (bicyclic) bond motifs is 1. The monoisotopic (exact) mass is 451 g/mol. The summed E-state index contributed by atoms with van der Waals surface area (Å²) in [5.41, 5.74) is 0.385. The van der Waals surface area contributed by atoms with Gasteiger partial charge in [-0.05, 0) is 19.1 Å². The number of nitrogens with zero attached hydrogens (tertiary/aromatic N) is 4. The molecule has 1 amide bonds. The van der Waals surface area contributed by atoms with E-state index in [0.29, 0.717) is 22.2 Å². The summed E-state index contributed by atoms with van der Waals surface area (Å²) in [5.74, 6) is -0.488. The van der Waals surface area contributed by atoms with Crippen molar-refractivity contribution < 1.29 is 9.72 Å². The largest absolute Gasteiger partial charge is 0.331 e. The molecule has 0 spiro atoms. The summed E-state index contributed by atoms with van der Waals surface area (Å²) in [6.07, 6.45) is 0. The Bertz CT molecular complexity index is 1470. The van der Waals surface area contributed by atoms with Crippen LogP contribution in [-0.4, -0.2) is 24.9 Å². The first-order valence-corrected chi connectivity index (χ1v) is 10.5. The second-order valence-electron chi connectivity index (χ2n) is 6.83. The molecule has 0 unspecified atom stereocenters. The molecule has 0 aliphatic heterocycles. The zero-order chi connectivity index (χ0) is 22.8. The first kappa shape index (κ1) is 21.1. The van der Waals surface area contributed by atoms with Crippen molar-refractivity contribution in [3.05, 3.63) is 84.9 Å². The predicted molar refractivity (Wildman–Crippen MR) is 121 cm³/mol. The Hall–Kier alpha value is -4.12. The predicted octanol–water partition coefficient (Wildman–Crippen LogP) is 2.85. The fourth-order valence-corrected chi connectivity index (χ4v) is 4.08. The molecule has 0 saturated carbocycles. The molecule has 2 aromatic heterocycles. The van der Waals surface area contributed by atoms with Crippen LogP contribution in [0.1, 0.15) is 6.92 Å². The molecular formula is C21H17N5O5S. The van der Waals surface area contributed by atoms with Crippen LogP contribution in [0.4, 0.5) is 10.8 Å². The van der Waals surface area contributed by atoms with Crippen LogP contribution in [0.2, 0.25) is 0 Å². The maximum atomic E-state index is 12.8. The molecule has 2 heterocycles. The number of nitro benzene ring substituents is 1. The summed E-state index contributed by atoms with van der Waals surface area (Å²) in [4.78, 5) is 52.8. The number of thiazole rings is 1. The molecule has 10 nitrogen and oxygen atoms in total. The van der Waals surface area contributed by atoms with Crippen molar-refractivity contribution in [2.45, 2.75) is 20.0 Å². The van der Waals surface area contributed by atoms with Crippen molar-refractivity contribution in [3.8, 4) is 11.3 Å². The molecule has 0 aliphatic carbocycles. The van der Waals surface area contributed by atoms with E-state index in [1.165, 1.54) is 16.7 Å². The average molecular weight is 451 g/mol. The zero-order valence-corrected chi connectivity index (χ0v) is 17.7. The highest BCUT2D eigenvalue weighted by Crippen LogP contribution is 2.27. The summed E-state index contributed by atoms with van der Waals surface area (Å²) in [6, 6.07) is 12.7. The van der Waals surface area contributed by atoms with Crippen molar-refractivity contribution >= 4 is 39.0 Å². The standard InChI is InChI=1S/C21H17N5O5S/c1-2-24-19(28)15-8-3-4-9-17(15)25(21(24)29)11-18(27)23-20-22-16(12-32-20)13-6-5-7-14(10-13)26(30)31/h3-10,12H,2,11H2,1H3,(H,22,23,27). The number of amides is 1. The van der Waals surface area contributed by atoms with Gasteiger partial charge in [-0.3, -0.25) is 28.8 Å². The van der Waals surface area contributed by atoms with Gasteiger partial charge in [0.05, 0.1) is 21.5 Å². The molecule has 0 fully saturated rings. The first-order valence-electron chi connectivity index (χ1n) is 9.61. The molecule has 32 heavy (non-hydrogen) atoms. The Morgan fingerprint density at radius 2 is 1.94 bits per heavy atom. The Morgan fingerprint density at radius 3 is 2.69 bits per heavy atom. The molecule has 2 aromatic carbocycles. The van der Waals surface area contributed by atoms with Crippen LogP contribution in [0.25, 0.3) is 22.2 Å². The molecule has 1 N–H and O–H groups in total. The highest BCUT2D eigenvalue weighted by molar-refractivity contribution is 7.14. The van der Waals surface area contributed by atoms with E-state index in [-0.39, 0.29) is 23.9 Å². The summed E-state index contributed by atoms with van der Waals surface area (Å²) < 4.78 is 2.34. The number of aromatic nitrogens is 3. The molecule has 0 radical (unpaired) electrons. The lowest BCUT2D eigenvalue weighted by Gasteiger charge is -2.12. The summed E-state index contributed by atoms with van der Waals surface area (Å²) in [6.45, 7) is 1.57. The van der Waals surface area contributed by atoms with Gasteiger partial charge in [-0.15, -0.1) is 11.3 Å². The molecule has 4 rings (SSSR count). The Kier molecular flexibility index (Phi) is 5.65. The number of carbonyl (C=O) groups is 1. The lowest BCUT2D eigenvalue weighted by atomic mass is 10.1. The van der Waals surface area contributed by atoms with Crippen LogP contribution in [-0.2, 0) is 17.9 Å². The SMILES string of the molecule is CCn1c(=O)c2ccccc2n(CC(=O)Nc2nc(-c3cccc([N+](=O)[O-])c3)cs2)c1=O. The van der Waals surface area contributed by atoms with Gasteiger partial charge in [-0.1, -0.05) is 24.3 Å². The van der Waals surface area contributed by atoms with Gasteiger partial charge in [0.1, 0.15) is 6.54 Å². The maximum absolute atomic E-state index is 12.8. The topological polar surface area (TPSA) is 129 Å². The third kappa shape index (κ3) is 3.93. The number of benzene rings is 2. The number of hydrogen-bond acceptors (Lipinski definition) is 7. The summed E-state index contributed by atoms with van der Waals surface area (Å²) in [7, 11) is 0. The Morgan fingerprint density at radius 1 is 1.16 bits per heavy atom. The number of carbonyl (C=O) groups excluding carboxylic acids is 1. The Labute approximate surface area is 184 Å². The number of rotatable bonds is 6. The third-order valence-corrected chi connectivity index (χ3v) is 5.61. The number of para-hydroxylation sites is 1. The number of nitrogens with one attached hydrogen (secondary N) is 1. The molecule has 0 saturated heterocycles. The van der Waals surface area contributed by atoms with Gasteiger partial charge in [0, 0.05) is 29.6 Å². The minimum atomic E-state index is -0.567. The van der Waals surface area contributed by atoms with Gasteiger partial charge in [-0.25, -0.2) is 9.78 Å². The van der Waals surface area contributed by atoms with Crippen molar-refractivity contribution in [3.63, 3.8) is 0 Å². The number of anilines is 1. The lowest BCUT2D eigenvalue weighted by molar-refractivity contribution is -0.384. The van der Waals surface area contributed by atoms with Crippen LogP contribution in [0, 0.1) is 10.1 Å². The molecule has 0 bridgehead atoms. The Balaban J connectivity index is 1.60. The van der Waals surface area contributed by atoms with Crippen molar-refractivity contribution in [1.29, 1.82) is 0 Å². The van der Waals surface area contributed by atoms with Gasteiger partial charge >= 0.3 is 5.69 Å². The molecule has 4 aromatic rings. The first-order chi connectivity index (χ1) is 15.4. The quantitative estimate of drug-likeness (QED) is 0.354. The smallest absolute Gasteiger partial charge is 0.300 e. The van der Waals surface area contributed by atoms with Gasteiger partial charge in [0.25, 0.3) is 11.2 Å². The molecular weight excluding hydrogens is 434 g/mol. The van der Waals surface area contributed by atoms with E-state index in [4.69, 9.17) is 0 Å². The van der Waals surface area contributed by atoms with E-state index >= 15 is 0 Å². The van der Waals surface area contributed by atoms with Gasteiger partial charge in [0.2, 0.25) is 5.91 Å². The minimum absolute atomic E-state index is 0.0570. The van der Waals surface area contributed by atoms with Crippen molar-refractivity contribution in [2.24, 2.45) is 0 Å². The van der Waals surface area contributed by atoms with Crippen LogP contribution < -0.4 is 16.6 Å². The highest BCUT2D eigenvalue weighted by Gasteiger charge is 2.16. The highest BCUT2D eigenvalue weighted by atomic mass is 32.1. The van der Waals surface area contributed by atoms with Crippen molar-refractivity contribution in [1.82, 2.24) is 14.1 Å². The summed E-state index contributed by atoms with van der Waals surface area (Å²) in [5, 5.41) is 15.9. The van der Waals surface area contributed by atoms with E-state index in [2.05, 4.69) is 10.3 Å². The second-order valence-corrected chi connectivity index (χ2v) is 7.69. The van der Waals surface area contributed by atoms with Crippen LogP contribution in [0.15, 0.2) is 63.5 Å². The zero-order valence-electron chi connectivity index (χ0n) is 16.8. The van der Waals surface area contributed by atoms with Crippen LogP contribution in [0.5, 0.6) is 0 Å². The van der Waals surface area contributed by atoms with E-state index < -0.39 is 22.1 Å². The lowest BCUT2D eigenvalue weighted by Crippen LogP contribution is -2.41. The normalized spacial score (nSPS) is 10.9. The van der Waals surface area contributed by atoms with Crippen LogP contribution >= 0.6 is 11.3 Å². The molecule has 162 valence electrons. The molecule has 0 aliphatic rings.